The van der Waals surface area contributed by atoms with E-state index in [-0.39, 0.29) is 0 Å². The first-order valence-corrected chi connectivity index (χ1v) is 7.40. The molecule has 2 heterocycles. The van der Waals surface area contributed by atoms with E-state index in [1.807, 2.05) is 0 Å². The topological polar surface area (TPSA) is 42.3 Å². The lowest BCUT2D eigenvalue weighted by atomic mass is 10.3. The van der Waals surface area contributed by atoms with Crippen molar-refractivity contribution in [3.05, 3.63) is 17.5 Å². The second-order valence-corrected chi connectivity index (χ2v) is 4.93. The highest BCUT2D eigenvalue weighted by atomic mass is 16.5. The first kappa shape index (κ1) is 14.5. The third-order valence-electron chi connectivity index (χ3n) is 3.59. The molecule has 5 heteroatoms. The van der Waals surface area contributed by atoms with Gasteiger partial charge in [-0.15, -0.1) is 0 Å². The van der Waals surface area contributed by atoms with E-state index in [2.05, 4.69) is 39.9 Å². The van der Waals surface area contributed by atoms with Gasteiger partial charge < -0.3 is 10.1 Å². The molecule has 0 aromatic carbocycles. The van der Waals surface area contributed by atoms with Gasteiger partial charge in [-0.25, -0.2) is 0 Å². The van der Waals surface area contributed by atoms with Crippen LogP contribution < -0.4 is 5.32 Å². The number of rotatable bonds is 7. The normalized spacial score (nSPS) is 16.9. The molecule has 0 unspecified atom stereocenters. The van der Waals surface area contributed by atoms with E-state index in [4.69, 9.17) is 4.74 Å². The van der Waals surface area contributed by atoms with E-state index in [1.54, 1.807) is 0 Å². The summed E-state index contributed by atoms with van der Waals surface area (Å²) in [6, 6.07) is 2.21. The summed E-state index contributed by atoms with van der Waals surface area (Å²) in [7, 11) is 0. The molecule has 2 rings (SSSR count). The average molecular weight is 266 g/mol. The van der Waals surface area contributed by atoms with Gasteiger partial charge in [0.1, 0.15) is 0 Å². The van der Waals surface area contributed by atoms with E-state index in [0.717, 1.165) is 58.9 Å². The Morgan fingerprint density at radius 2 is 2.11 bits per heavy atom. The number of hydrogen-bond donors (Lipinski definition) is 1. The van der Waals surface area contributed by atoms with Gasteiger partial charge in [0.25, 0.3) is 0 Å². The van der Waals surface area contributed by atoms with Gasteiger partial charge >= 0.3 is 0 Å². The third kappa shape index (κ3) is 4.30. The molecule has 0 radical (unpaired) electrons. The van der Waals surface area contributed by atoms with Gasteiger partial charge in [-0.05, 0) is 19.4 Å². The number of aryl methyl sites for hydroxylation is 2. The monoisotopic (exact) mass is 266 g/mol. The molecular formula is C14H26N4O. The Kier molecular flexibility index (Phi) is 5.82. The lowest BCUT2D eigenvalue weighted by Crippen LogP contribution is -2.40. The zero-order valence-corrected chi connectivity index (χ0v) is 12.2. The summed E-state index contributed by atoms with van der Waals surface area (Å²) in [5, 5.41) is 8.08. The van der Waals surface area contributed by atoms with Gasteiger partial charge in [-0.3, -0.25) is 9.58 Å². The largest absolute Gasteiger partial charge is 0.379 e. The second kappa shape index (κ2) is 7.62. The van der Waals surface area contributed by atoms with Crippen LogP contribution in [0, 0.1) is 0 Å². The standard InChI is InChI=1S/C14H26N4O/c1-3-13-11-14(18(4-2)16-13)12-15-5-6-17-7-9-19-10-8-17/h11,15H,3-10,12H2,1-2H3. The minimum atomic E-state index is 0.877. The number of morpholine rings is 1. The van der Waals surface area contributed by atoms with Crippen LogP contribution in [0.15, 0.2) is 6.07 Å². The van der Waals surface area contributed by atoms with Crippen LogP contribution in [-0.2, 0) is 24.2 Å². The van der Waals surface area contributed by atoms with E-state index in [1.165, 1.54) is 11.4 Å². The molecule has 1 aromatic rings. The maximum Gasteiger partial charge on any atom is 0.0625 e. The SMILES string of the molecule is CCc1cc(CNCCN2CCOCC2)n(CC)n1. The Morgan fingerprint density at radius 1 is 1.32 bits per heavy atom. The molecule has 1 aliphatic heterocycles. The van der Waals surface area contributed by atoms with Crippen molar-refractivity contribution in [1.82, 2.24) is 20.0 Å². The molecule has 0 atom stereocenters. The zero-order valence-electron chi connectivity index (χ0n) is 12.2. The molecule has 1 saturated heterocycles. The lowest BCUT2D eigenvalue weighted by Gasteiger charge is -2.26. The van der Waals surface area contributed by atoms with Crippen molar-refractivity contribution in [2.24, 2.45) is 0 Å². The minimum Gasteiger partial charge on any atom is -0.379 e. The zero-order chi connectivity index (χ0) is 13.5. The van der Waals surface area contributed by atoms with Crippen LogP contribution >= 0.6 is 0 Å². The number of nitrogens with zero attached hydrogens (tertiary/aromatic N) is 3. The number of ether oxygens (including phenoxy) is 1. The van der Waals surface area contributed by atoms with Crippen LogP contribution in [0.4, 0.5) is 0 Å². The van der Waals surface area contributed by atoms with Crippen LogP contribution in [0.5, 0.6) is 0 Å². The van der Waals surface area contributed by atoms with E-state index >= 15 is 0 Å². The first-order valence-electron chi connectivity index (χ1n) is 7.40. The fourth-order valence-electron chi connectivity index (χ4n) is 2.38. The van der Waals surface area contributed by atoms with Crippen LogP contribution in [-0.4, -0.2) is 54.1 Å². The molecule has 0 bridgehead atoms. The molecule has 0 saturated carbocycles. The molecule has 1 aromatic heterocycles. The summed E-state index contributed by atoms with van der Waals surface area (Å²) >= 11 is 0. The summed E-state index contributed by atoms with van der Waals surface area (Å²) in [6.07, 6.45) is 1.01. The maximum atomic E-state index is 5.35. The highest BCUT2D eigenvalue weighted by molar-refractivity contribution is 5.10. The van der Waals surface area contributed by atoms with Crippen LogP contribution in [0.1, 0.15) is 25.2 Å². The summed E-state index contributed by atoms with van der Waals surface area (Å²) in [5.41, 5.74) is 2.48. The predicted molar refractivity (Wildman–Crippen MR) is 76.2 cm³/mol. The molecule has 0 spiro atoms. The van der Waals surface area contributed by atoms with Crippen molar-refractivity contribution in [3.63, 3.8) is 0 Å². The fraction of sp³-hybridized carbons (Fsp3) is 0.786. The van der Waals surface area contributed by atoms with Crippen molar-refractivity contribution < 1.29 is 4.74 Å². The van der Waals surface area contributed by atoms with Crippen molar-refractivity contribution in [2.45, 2.75) is 33.4 Å². The summed E-state index contributed by atoms with van der Waals surface area (Å²) in [5.74, 6) is 0. The first-order chi connectivity index (χ1) is 9.33. The molecule has 108 valence electrons. The van der Waals surface area contributed by atoms with E-state index in [0.29, 0.717) is 0 Å². The number of aromatic nitrogens is 2. The van der Waals surface area contributed by atoms with Gasteiger partial charge in [-0.1, -0.05) is 6.92 Å². The van der Waals surface area contributed by atoms with Gasteiger partial charge in [0, 0.05) is 39.3 Å². The van der Waals surface area contributed by atoms with Crippen molar-refractivity contribution in [2.75, 3.05) is 39.4 Å². The van der Waals surface area contributed by atoms with Crippen molar-refractivity contribution >= 4 is 0 Å². The Bertz CT molecular complexity index is 372. The average Bonchev–Trinajstić information content (AvgIpc) is 2.87. The highest BCUT2D eigenvalue weighted by Gasteiger charge is 2.09. The summed E-state index contributed by atoms with van der Waals surface area (Å²) < 4.78 is 7.44. The Labute approximate surface area is 115 Å². The lowest BCUT2D eigenvalue weighted by molar-refractivity contribution is 0.0384. The van der Waals surface area contributed by atoms with Gasteiger partial charge in [0.05, 0.1) is 24.6 Å². The second-order valence-electron chi connectivity index (χ2n) is 4.93. The van der Waals surface area contributed by atoms with Crippen LogP contribution in [0.25, 0.3) is 0 Å². The Hall–Kier alpha value is -0.910. The maximum absolute atomic E-state index is 5.35. The van der Waals surface area contributed by atoms with Crippen molar-refractivity contribution in [1.29, 1.82) is 0 Å². The van der Waals surface area contributed by atoms with Crippen LogP contribution in [0.2, 0.25) is 0 Å². The molecule has 5 nitrogen and oxygen atoms in total. The molecular weight excluding hydrogens is 240 g/mol. The number of nitrogens with one attached hydrogen (secondary N) is 1. The molecule has 1 fully saturated rings. The molecule has 1 aliphatic rings. The minimum absolute atomic E-state index is 0.877. The highest BCUT2D eigenvalue weighted by Crippen LogP contribution is 2.05. The molecule has 1 N–H and O–H groups in total. The molecule has 0 aliphatic carbocycles. The fourth-order valence-corrected chi connectivity index (χ4v) is 2.38. The molecule has 0 amide bonds. The van der Waals surface area contributed by atoms with Gasteiger partial charge in [0.2, 0.25) is 0 Å². The van der Waals surface area contributed by atoms with Crippen molar-refractivity contribution in [3.8, 4) is 0 Å². The quantitative estimate of drug-likeness (QED) is 0.744. The molecule has 19 heavy (non-hydrogen) atoms. The van der Waals surface area contributed by atoms with Gasteiger partial charge in [0.15, 0.2) is 0 Å². The number of hydrogen-bond acceptors (Lipinski definition) is 4. The Morgan fingerprint density at radius 3 is 2.79 bits per heavy atom. The van der Waals surface area contributed by atoms with Crippen LogP contribution in [0.3, 0.4) is 0 Å². The summed E-state index contributed by atoms with van der Waals surface area (Å²) in [6.45, 7) is 12.2. The van der Waals surface area contributed by atoms with E-state index < -0.39 is 0 Å². The Balaban J connectivity index is 1.71. The third-order valence-corrected chi connectivity index (χ3v) is 3.59. The predicted octanol–water partition coefficient (Wildman–Crippen LogP) is 0.887. The summed E-state index contributed by atoms with van der Waals surface area (Å²) in [4.78, 5) is 2.45. The van der Waals surface area contributed by atoms with Gasteiger partial charge in [-0.2, -0.15) is 5.10 Å². The van der Waals surface area contributed by atoms with E-state index in [9.17, 15) is 0 Å². The smallest absolute Gasteiger partial charge is 0.0625 e.